The van der Waals surface area contributed by atoms with Crippen LogP contribution >= 0.6 is 0 Å². The number of likely N-dealkylation sites (tertiary alicyclic amines) is 1. The predicted octanol–water partition coefficient (Wildman–Crippen LogP) is 2.25. The van der Waals surface area contributed by atoms with Crippen LogP contribution in [-0.2, 0) is 19.2 Å². The average molecular weight is 598 g/mol. The third-order valence-corrected chi connectivity index (χ3v) is 8.93. The number of hydrogen-bond donors (Lipinski definition) is 2. The van der Waals surface area contributed by atoms with Crippen molar-refractivity contribution < 1.29 is 28.7 Å². The van der Waals surface area contributed by atoms with Gasteiger partial charge in [0.25, 0.3) is 0 Å². The highest BCUT2D eigenvalue weighted by Crippen LogP contribution is 2.32. The van der Waals surface area contributed by atoms with Crippen molar-refractivity contribution in [2.75, 3.05) is 34.3 Å². The maximum atomic E-state index is 14.3. The molecule has 2 bridgehead atoms. The number of carbonyl (C=O) groups is 4. The zero-order valence-corrected chi connectivity index (χ0v) is 26.5. The topological polar surface area (TPSA) is 121 Å². The summed E-state index contributed by atoms with van der Waals surface area (Å²) in [4.78, 5) is 60.3. The summed E-state index contributed by atoms with van der Waals surface area (Å²) < 4.78 is 11.9. The van der Waals surface area contributed by atoms with E-state index < -0.39 is 30.3 Å². The first-order valence-corrected chi connectivity index (χ1v) is 15.4. The summed E-state index contributed by atoms with van der Waals surface area (Å²) in [5.74, 6) is -0.137. The van der Waals surface area contributed by atoms with Gasteiger partial charge in [-0.05, 0) is 63.0 Å². The number of hydrogen-bond acceptors (Lipinski definition) is 7. The first-order chi connectivity index (χ1) is 20.5. The van der Waals surface area contributed by atoms with Crippen molar-refractivity contribution >= 4 is 29.7 Å². The van der Waals surface area contributed by atoms with Crippen molar-refractivity contribution in [2.24, 2.45) is 11.8 Å². The lowest BCUT2D eigenvalue weighted by molar-refractivity contribution is -0.150. The first-order valence-electron chi connectivity index (χ1n) is 15.4. The second-order valence-electron chi connectivity index (χ2n) is 12.4. The van der Waals surface area contributed by atoms with E-state index >= 15 is 0 Å². The normalized spacial score (nSPS) is 24.9. The molecule has 43 heavy (non-hydrogen) atoms. The summed E-state index contributed by atoms with van der Waals surface area (Å²) in [5.41, 5.74) is 0.705. The molecule has 0 spiro atoms. The number of amides is 4. The van der Waals surface area contributed by atoms with E-state index in [9.17, 15) is 19.2 Å². The number of methoxy groups -OCH3 is 1. The molecule has 3 aliphatic heterocycles. The number of fused-ring (bicyclic) bond motifs is 4. The lowest BCUT2D eigenvalue weighted by Crippen LogP contribution is -2.61. The largest absolute Gasteiger partial charge is 0.496 e. The van der Waals surface area contributed by atoms with Crippen LogP contribution in [0.15, 0.2) is 24.4 Å². The quantitative estimate of drug-likeness (QED) is 0.472. The van der Waals surface area contributed by atoms with E-state index in [1.54, 1.807) is 47.4 Å². The van der Waals surface area contributed by atoms with Gasteiger partial charge in [0.15, 0.2) is 0 Å². The molecule has 0 radical (unpaired) electrons. The second-order valence-corrected chi connectivity index (χ2v) is 12.4. The van der Waals surface area contributed by atoms with Crippen molar-refractivity contribution in [3.05, 3.63) is 30.0 Å². The molecule has 0 aromatic heterocycles. The Morgan fingerprint density at radius 2 is 1.91 bits per heavy atom. The van der Waals surface area contributed by atoms with Gasteiger partial charge in [0.2, 0.25) is 23.6 Å². The highest BCUT2D eigenvalue weighted by molar-refractivity contribution is 5.96. The molecule has 0 aliphatic carbocycles. The molecule has 1 aromatic carbocycles. The van der Waals surface area contributed by atoms with E-state index in [0.717, 1.165) is 6.42 Å². The van der Waals surface area contributed by atoms with E-state index in [2.05, 4.69) is 10.6 Å². The Bertz CT molecular complexity index is 1230. The predicted molar refractivity (Wildman–Crippen MR) is 163 cm³/mol. The molecule has 2 unspecified atom stereocenters. The van der Waals surface area contributed by atoms with Crippen LogP contribution in [0.3, 0.4) is 0 Å². The van der Waals surface area contributed by atoms with Crippen LogP contribution in [0.4, 0.5) is 0 Å². The second kappa shape index (κ2) is 13.8. The van der Waals surface area contributed by atoms with Gasteiger partial charge in [-0.2, -0.15) is 0 Å². The molecule has 2 fully saturated rings. The molecule has 11 nitrogen and oxygen atoms in total. The maximum Gasteiger partial charge on any atom is 0.249 e. The van der Waals surface area contributed by atoms with Gasteiger partial charge >= 0.3 is 0 Å². The Morgan fingerprint density at radius 3 is 2.56 bits per heavy atom. The summed E-state index contributed by atoms with van der Waals surface area (Å²) in [6.07, 6.45) is 5.10. The third kappa shape index (κ3) is 6.82. The molecule has 3 aliphatic rings. The lowest BCUT2D eigenvalue weighted by Gasteiger charge is -2.36. The lowest BCUT2D eigenvalue weighted by atomic mass is 9.95. The number of nitrogens with one attached hydrogen (secondary N) is 2. The highest BCUT2D eigenvalue weighted by atomic mass is 16.5. The van der Waals surface area contributed by atoms with Gasteiger partial charge in [-0.25, -0.2) is 0 Å². The van der Waals surface area contributed by atoms with Crippen molar-refractivity contribution in [1.82, 2.24) is 25.3 Å². The molecule has 11 heteroatoms. The SMILES string of the molecule is CCC(C)C(C(=O)N[C@H](C(=O)N1CC[C@@H]2Oc3ccc(OC)c(c3)/C=C\NC(=O)[C@@H]3CCCN3C(=O)[C@H]21)C(C)C)N(C)C. The Kier molecular flexibility index (Phi) is 10.4. The molecule has 6 atom stereocenters. The molecular weight excluding hydrogens is 550 g/mol. The van der Waals surface area contributed by atoms with Gasteiger partial charge in [-0.15, -0.1) is 0 Å². The van der Waals surface area contributed by atoms with Crippen molar-refractivity contribution in [3.8, 4) is 11.5 Å². The van der Waals surface area contributed by atoms with Crippen LogP contribution in [0.25, 0.3) is 6.08 Å². The van der Waals surface area contributed by atoms with Crippen molar-refractivity contribution in [3.63, 3.8) is 0 Å². The fourth-order valence-corrected chi connectivity index (χ4v) is 6.46. The van der Waals surface area contributed by atoms with Crippen molar-refractivity contribution in [1.29, 1.82) is 0 Å². The Morgan fingerprint density at radius 1 is 1.16 bits per heavy atom. The van der Waals surface area contributed by atoms with Gasteiger partial charge < -0.3 is 29.9 Å². The van der Waals surface area contributed by atoms with E-state index in [0.29, 0.717) is 42.9 Å². The molecular formula is C32H47N5O6. The smallest absolute Gasteiger partial charge is 0.249 e. The molecule has 4 rings (SSSR count). The Hall–Kier alpha value is -3.60. The minimum absolute atomic E-state index is 0.0848. The minimum Gasteiger partial charge on any atom is -0.496 e. The number of benzene rings is 1. The summed E-state index contributed by atoms with van der Waals surface area (Å²) in [6, 6.07) is 2.50. The molecule has 3 heterocycles. The van der Waals surface area contributed by atoms with Crippen LogP contribution in [-0.4, -0.2) is 103 Å². The van der Waals surface area contributed by atoms with E-state index in [-0.39, 0.29) is 42.0 Å². The molecule has 0 saturated carbocycles. The molecule has 236 valence electrons. The summed E-state index contributed by atoms with van der Waals surface area (Å²) in [6.45, 7) is 8.54. The minimum atomic E-state index is -0.947. The Balaban J connectivity index is 1.69. The number of rotatable bonds is 8. The monoisotopic (exact) mass is 597 g/mol. The number of ether oxygens (including phenoxy) is 2. The van der Waals surface area contributed by atoms with E-state index in [4.69, 9.17) is 9.47 Å². The summed E-state index contributed by atoms with van der Waals surface area (Å²) >= 11 is 0. The number of nitrogens with zero attached hydrogens (tertiary/aromatic N) is 3. The fourth-order valence-electron chi connectivity index (χ4n) is 6.46. The molecule has 2 saturated heterocycles. The van der Waals surface area contributed by atoms with Gasteiger partial charge in [-0.3, -0.25) is 24.1 Å². The van der Waals surface area contributed by atoms with Crippen LogP contribution in [0.2, 0.25) is 0 Å². The molecule has 2 N–H and O–H groups in total. The zero-order valence-electron chi connectivity index (χ0n) is 26.5. The average Bonchev–Trinajstić information content (AvgIpc) is 3.62. The van der Waals surface area contributed by atoms with Crippen molar-refractivity contribution in [2.45, 2.75) is 83.6 Å². The number of carbonyl (C=O) groups excluding carboxylic acids is 4. The standard InChI is InChI=1S/C32H47N5O6/c1-8-20(4)27(35(5)6)30(39)34-26(19(2)3)31(40)37-17-14-25-28(37)32(41)36-16-9-10-23(36)29(38)33-15-13-21-18-22(43-25)11-12-24(21)42-7/h11-13,15,18-20,23,25-28H,8-10,14,16-17H2,1-7H3,(H,33,38)(H,34,39)/b15-13-/t20?,23-,25-,26-,27?,28-/m0/s1. The van der Waals surface area contributed by atoms with Crippen LogP contribution in [0.1, 0.15) is 58.9 Å². The summed E-state index contributed by atoms with van der Waals surface area (Å²) in [7, 11) is 5.29. The van der Waals surface area contributed by atoms with Crippen LogP contribution in [0, 0.1) is 11.8 Å². The molecule has 4 amide bonds. The maximum absolute atomic E-state index is 14.3. The van der Waals surface area contributed by atoms with E-state index in [1.807, 2.05) is 46.7 Å². The van der Waals surface area contributed by atoms with Crippen LogP contribution < -0.4 is 20.1 Å². The summed E-state index contributed by atoms with van der Waals surface area (Å²) in [5, 5.41) is 5.84. The Labute approximate surface area is 254 Å². The third-order valence-electron chi connectivity index (χ3n) is 8.93. The van der Waals surface area contributed by atoms with E-state index in [1.165, 1.54) is 0 Å². The zero-order chi connectivity index (χ0) is 31.4. The number of likely N-dealkylation sites (N-methyl/N-ethyl adjacent to an activating group) is 1. The van der Waals surface area contributed by atoms with Crippen LogP contribution in [0.5, 0.6) is 11.5 Å². The first kappa shape index (κ1) is 32.3. The van der Waals surface area contributed by atoms with Gasteiger partial charge in [-0.1, -0.05) is 34.1 Å². The van der Waals surface area contributed by atoms with Gasteiger partial charge in [0.1, 0.15) is 35.7 Å². The fraction of sp³-hybridized carbons (Fsp3) is 0.625. The van der Waals surface area contributed by atoms with Gasteiger partial charge in [0, 0.05) is 31.3 Å². The van der Waals surface area contributed by atoms with Gasteiger partial charge in [0.05, 0.1) is 13.2 Å². The molecule has 1 aromatic rings. The highest BCUT2D eigenvalue weighted by Gasteiger charge is 2.49.